The molecular formula is C17H20N4S. The zero-order valence-electron chi connectivity index (χ0n) is 12.6. The molecule has 0 aliphatic rings. The molecule has 0 atom stereocenters. The average Bonchev–Trinajstić information content (AvgIpc) is 3.18. The molecule has 3 rings (SSSR count). The van der Waals surface area contributed by atoms with Crippen LogP contribution in [0.2, 0.25) is 0 Å². The SMILES string of the molecule is CCNC(=NCc1ccsc1)NCc1cc2ccccc2[nH]1. The second-order valence-electron chi connectivity index (χ2n) is 5.06. The Morgan fingerprint density at radius 3 is 2.91 bits per heavy atom. The van der Waals surface area contributed by atoms with Crippen LogP contribution >= 0.6 is 11.3 Å². The molecule has 0 saturated carbocycles. The standard InChI is InChI=1S/C17H20N4S/c1-2-18-17(19-10-13-7-8-22-12-13)20-11-15-9-14-5-3-4-6-16(14)21-15/h3-9,12,21H,2,10-11H2,1H3,(H2,18,19,20). The molecule has 2 heterocycles. The van der Waals surface area contributed by atoms with Crippen molar-refractivity contribution in [3.63, 3.8) is 0 Å². The van der Waals surface area contributed by atoms with Crippen LogP contribution in [-0.2, 0) is 13.1 Å². The predicted molar refractivity (Wildman–Crippen MR) is 94.3 cm³/mol. The number of aliphatic imine (C=N–C) groups is 1. The Balaban J connectivity index is 1.64. The van der Waals surface area contributed by atoms with Gasteiger partial charge < -0.3 is 15.6 Å². The zero-order valence-corrected chi connectivity index (χ0v) is 13.4. The van der Waals surface area contributed by atoms with Crippen molar-refractivity contribution in [1.82, 2.24) is 15.6 Å². The van der Waals surface area contributed by atoms with Gasteiger partial charge in [0.15, 0.2) is 5.96 Å². The number of aromatic amines is 1. The number of thiophene rings is 1. The number of para-hydroxylation sites is 1. The topological polar surface area (TPSA) is 52.2 Å². The van der Waals surface area contributed by atoms with Gasteiger partial charge in [-0.25, -0.2) is 4.99 Å². The maximum Gasteiger partial charge on any atom is 0.191 e. The summed E-state index contributed by atoms with van der Waals surface area (Å²) in [6.07, 6.45) is 0. The number of nitrogens with one attached hydrogen (secondary N) is 3. The van der Waals surface area contributed by atoms with Gasteiger partial charge in [-0.2, -0.15) is 11.3 Å². The minimum Gasteiger partial charge on any atom is -0.357 e. The average molecular weight is 312 g/mol. The Morgan fingerprint density at radius 1 is 1.23 bits per heavy atom. The summed E-state index contributed by atoms with van der Waals surface area (Å²) < 4.78 is 0. The van der Waals surface area contributed by atoms with E-state index in [4.69, 9.17) is 0 Å². The number of nitrogens with zero attached hydrogens (tertiary/aromatic N) is 1. The maximum atomic E-state index is 4.61. The van der Waals surface area contributed by atoms with E-state index in [0.717, 1.165) is 24.7 Å². The highest BCUT2D eigenvalue weighted by atomic mass is 32.1. The van der Waals surface area contributed by atoms with Crippen molar-refractivity contribution >= 4 is 28.2 Å². The molecule has 0 radical (unpaired) electrons. The summed E-state index contributed by atoms with van der Waals surface area (Å²) in [5, 5.41) is 12.1. The van der Waals surface area contributed by atoms with E-state index in [1.54, 1.807) is 11.3 Å². The summed E-state index contributed by atoms with van der Waals surface area (Å²) in [4.78, 5) is 8.03. The van der Waals surface area contributed by atoms with Gasteiger partial charge in [-0.05, 0) is 46.8 Å². The monoisotopic (exact) mass is 312 g/mol. The van der Waals surface area contributed by atoms with E-state index in [2.05, 4.69) is 68.6 Å². The highest BCUT2D eigenvalue weighted by Crippen LogP contribution is 2.14. The van der Waals surface area contributed by atoms with E-state index in [9.17, 15) is 0 Å². The van der Waals surface area contributed by atoms with Crippen LogP contribution in [0.4, 0.5) is 0 Å². The van der Waals surface area contributed by atoms with Gasteiger partial charge in [-0.3, -0.25) is 0 Å². The summed E-state index contributed by atoms with van der Waals surface area (Å²) >= 11 is 1.70. The first-order chi connectivity index (χ1) is 10.8. The molecule has 0 spiro atoms. The van der Waals surface area contributed by atoms with Crippen LogP contribution in [0.3, 0.4) is 0 Å². The first kappa shape index (κ1) is 14.7. The van der Waals surface area contributed by atoms with Gasteiger partial charge in [-0.15, -0.1) is 0 Å². The second-order valence-corrected chi connectivity index (χ2v) is 5.84. The fourth-order valence-corrected chi connectivity index (χ4v) is 2.96. The van der Waals surface area contributed by atoms with Gasteiger partial charge >= 0.3 is 0 Å². The molecule has 3 N–H and O–H groups in total. The molecule has 5 heteroatoms. The lowest BCUT2D eigenvalue weighted by molar-refractivity contribution is 0.805. The van der Waals surface area contributed by atoms with Crippen molar-refractivity contribution in [1.29, 1.82) is 0 Å². The second kappa shape index (κ2) is 7.13. The minimum atomic E-state index is 0.700. The molecule has 0 unspecified atom stereocenters. The lowest BCUT2D eigenvalue weighted by Crippen LogP contribution is -2.36. The summed E-state index contributed by atoms with van der Waals surface area (Å²) in [5.74, 6) is 0.840. The summed E-state index contributed by atoms with van der Waals surface area (Å²) in [5.41, 5.74) is 3.56. The third-order valence-electron chi connectivity index (χ3n) is 3.38. The van der Waals surface area contributed by atoms with E-state index in [0.29, 0.717) is 6.54 Å². The van der Waals surface area contributed by atoms with E-state index < -0.39 is 0 Å². The lowest BCUT2D eigenvalue weighted by Gasteiger charge is -2.10. The largest absolute Gasteiger partial charge is 0.357 e. The van der Waals surface area contributed by atoms with Crippen LogP contribution in [0.1, 0.15) is 18.2 Å². The number of guanidine groups is 1. The minimum absolute atomic E-state index is 0.700. The van der Waals surface area contributed by atoms with Crippen molar-refractivity contribution < 1.29 is 0 Å². The van der Waals surface area contributed by atoms with E-state index >= 15 is 0 Å². The van der Waals surface area contributed by atoms with E-state index in [-0.39, 0.29) is 0 Å². The predicted octanol–water partition coefficient (Wildman–Crippen LogP) is 3.48. The van der Waals surface area contributed by atoms with Gasteiger partial charge in [0, 0.05) is 17.8 Å². The Bertz CT molecular complexity index is 710. The van der Waals surface area contributed by atoms with Gasteiger partial charge in [0.05, 0.1) is 13.1 Å². The summed E-state index contributed by atoms with van der Waals surface area (Å²) in [6, 6.07) is 12.6. The van der Waals surface area contributed by atoms with Crippen LogP contribution in [-0.4, -0.2) is 17.5 Å². The summed E-state index contributed by atoms with van der Waals surface area (Å²) in [6.45, 7) is 4.35. The van der Waals surface area contributed by atoms with Gasteiger partial charge in [0.2, 0.25) is 0 Å². The zero-order chi connectivity index (χ0) is 15.2. The smallest absolute Gasteiger partial charge is 0.191 e. The molecule has 1 aromatic carbocycles. The van der Waals surface area contributed by atoms with Gasteiger partial charge in [0.25, 0.3) is 0 Å². The third-order valence-corrected chi connectivity index (χ3v) is 4.11. The quantitative estimate of drug-likeness (QED) is 0.499. The number of rotatable bonds is 5. The van der Waals surface area contributed by atoms with Crippen molar-refractivity contribution in [2.24, 2.45) is 4.99 Å². The van der Waals surface area contributed by atoms with Crippen molar-refractivity contribution in [2.45, 2.75) is 20.0 Å². The Kier molecular flexibility index (Phi) is 4.75. The fourth-order valence-electron chi connectivity index (χ4n) is 2.30. The highest BCUT2D eigenvalue weighted by molar-refractivity contribution is 7.07. The van der Waals surface area contributed by atoms with Crippen LogP contribution in [0.25, 0.3) is 10.9 Å². The molecule has 114 valence electrons. The molecule has 2 aromatic heterocycles. The van der Waals surface area contributed by atoms with Crippen LogP contribution in [0.15, 0.2) is 52.2 Å². The molecule has 0 aliphatic carbocycles. The number of hydrogen-bond donors (Lipinski definition) is 3. The highest BCUT2D eigenvalue weighted by Gasteiger charge is 2.02. The van der Waals surface area contributed by atoms with Crippen LogP contribution < -0.4 is 10.6 Å². The molecule has 0 saturated heterocycles. The van der Waals surface area contributed by atoms with Crippen LogP contribution in [0, 0.1) is 0 Å². The Labute approximate surface area is 134 Å². The van der Waals surface area contributed by atoms with Gasteiger partial charge in [0.1, 0.15) is 0 Å². The van der Waals surface area contributed by atoms with Crippen LogP contribution in [0.5, 0.6) is 0 Å². The normalized spacial score (nSPS) is 11.8. The number of H-pyrrole nitrogens is 1. The number of fused-ring (bicyclic) bond motifs is 1. The molecule has 0 aliphatic heterocycles. The Hall–Kier alpha value is -2.27. The molecule has 22 heavy (non-hydrogen) atoms. The van der Waals surface area contributed by atoms with Crippen molar-refractivity contribution in [3.8, 4) is 0 Å². The van der Waals surface area contributed by atoms with Gasteiger partial charge in [-0.1, -0.05) is 18.2 Å². The molecule has 4 nitrogen and oxygen atoms in total. The number of benzene rings is 1. The first-order valence-corrected chi connectivity index (χ1v) is 8.39. The first-order valence-electron chi connectivity index (χ1n) is 7.45. The molecule has 0 amide bonds. The lowest BCUT2D eigenvalue weighted by atomic mass is 10.2. The number of hydrogen-bond acceptors (Lipinski definition) is 2. The van der Waals surface area contributed by atoms with E-state index in [1.807, 2.05) is 6.07 Å². The Morgan fingerprint density at radius 2 is 2.14 bits per heavy atom. The number of aromatic nitrogens is 1. The van der Waals surface area contributed by atoms with Crippen molar-refractivity contribution in [2.75, 3.05) is 6.54 Å². The molecule has 0 bridgehead atoms. The van der Waals surface area contributed by atoms with E-state index in [1.165, 1.54) is 16.5 Å². The third kappa shape index (κ3) is 3.68. The molecule has 0 fully saturated rings. The fraction of sp³-hybridized carbons (Fsp3) is 0.235. The molecule has 3 aromatic rings. The summed E-state index contributed by atoms with van der Waals surface area (Å²) in [7, 11) is 0. The van der Waals surface area contributed by atoms with Crippen molar-refractivity contribution in [3.05, 3.63) is 58.4 Å². The maximum absolute atomic E-state index is 4.61. The molecular weight excluding hydrogens is 292 g/mol.